The maximum absolute atomic E-state index is 10.8. The summed E-state index contributed by atoms with van der Waals surface area (Å²) in [6.45, 7) is 2.97. The maximum atomic E-state index is 10.8. The van der Waals surface area contributed by atoms with E-state index < -0.39 is 0 Å². The van der Waals surface area contributed by atoms with Crippen LogP contribution in [0.25, 0.3) is 27.8 Å². The Morgan fingerprint density at radius 1 is 1.18 bits per heavy atom. The van der Waals surface area contributed by atoms with Crippen LogP contribution in [0.5, 0.6) is 0 Å². The predicted molar refractivity (Wildman–Crippen MR) is 70.9 cm³/mol. The average molecular weight is 223 g/mol. The van der Waals surface area contributed by atoms with Gasteiger partial charge in [-0.25, -0.2) is 0 Å². The van der Waals surface area contributed by atoms with E-state index in [0.29, 0.717) is 0 Å². The van der Waals surface area contributed by atoms with Gasteiger partial charge in [-0.05, 0) is 18.4 Å². The van der Waals surface area contributed by atoms with Gasteiger partial charge in [-0.1, -0.05) is 30.3 Å². The number of carbonyl (C=O) groups excluding carboxylic acids is 1. The van der Waals surface area contributed by atoms with Gasteiger partial charge < -0.3 is 4.57 Å². The van der Waals surface area contributed by atoms with Gasteiger partial charge in [0.2, 0.25) is 0 Å². The molecule has 0 aliphatic heterocycles. The van der Waals surface area contributed by atoms with Crippen molar-refractivity contribution < 1.29 is 4.79 Å². The lowest BCUT2D eigenvalue weighted by molar-refractivity contribution is -0.103. The highest BCUT2D eigenvalue weighted by molar-refractivity contribution is 6.11. The van der Waals surface area contributed by atoms with E-state index in [-0.39, 0.29) is 0 Å². The number of aryl methyl sites for hydroxylation is 1. The zero-order valence-corrected chi connectivity index (χ0v) is 9.68. The molecule has 0 radical (unpaired) electrons. The Morgan fingerprint density at radius 3 is 2.65 bits per heavy atom. The molecule has 84 valence electrons. The van der Waals surface area contributed by atoms with Crippen LogP contribution in [0.1, 0.15) is 6.92 Å². The van der Waals surface area contributed by atoms with Crippen molar-refractivity contribution in [3.8, 4) is 0 Å². The highest BCUT2D eigenvalue weighted by atomic mass is 16.1. The first-order valence-electron chi connectivity index (χ1n) is 5.82. The molecule has 0 saturated heterocycles. The number of hydrogen-bond acceptors (Lipinski definition) is 1. The third-order valence-electron chi connectivity index (χ3n) is 3.28. The Labute approximate surface area is 99.1 Å². The fourth-order valence-corrected chi connectivity index (χ4v) is 2.62. The number of nitrogens with zero attached hydrogens (tertiary/aromatic N) is 1. The second-order valence-corrected chi connectivity index (χ2v) is 4.11. The van der Waals surface area contributed by atoms with Crippen LogP contribution in [0.3, 0.4) is 0 Å². The van der Waals surface area contributed by atoms with Gasteiger partial charge in [0.05, 0.1) is 5.35 Å². The lowest BCUT2D eigenvalue weighted by Gasteiger charge is -2.01. The van der Waals surface area contributed by atoms with Crippen LogP contribution in [0.4, 0.5) is 0 Å². The first-order chi connectivity index (χ1) is 8.36. The number of aldehydes is 1. The Kier molecular flexibility index (Phi) is 2.22. The summed E-state index contributed by atoms with van der Waals surface area (Å²) in [4.78, 5) is 10.8. The molecule has 0 unspecified atom stereocenters. The summed E-state index contributed by atoms with van der Waals surface area (Å²) in [6, 6.07) is 12.5. The molecule has 3 rings (SSSR count). The predicted octanol–water partition coefficient (Wildman–Crippen LogP) is 2.51. The van der Waals surface area contributed by atoms with Crippen molar-refractivity contribution in [1.29, 1.82) is 0 Å². The Morgan fingerprint density at radius 2 is 1.94 bits per heavy atom. The van der Waals surface area contributed by atoms with E-state index in [1.54, 1.807) is 6.08 Å². The second kappa shape index (κ2) is 3.74. The van der Waals surface area contributed by atoms with Gasteiger partial charge in [-0.3, -0.25) is 4.79 Å². The van der Waals surface area contributed by atoms with Crippen molar-refractivity contribution in [1.82, 2.24) is 4.57 Å². The molecule has 0 fully saturated rings. The molecule has 2 heteroatoms. The summed E-state index contributed by atoms with van der Waals surface area (Å²) in [5.74, 6) is 0. The van der Waals surface area contributed by atoms with Gasteiger partial charge in [-0.2, -0.15) is 0 Å². The summed E-state index contributed by atoms with van der Waals surface area (Å²) in [7, 11) is 0. The largest absolute Gasteiger partial charge is 0.341 e. The molecule has 0 N–H and O–H groups in total. The van der Waals surface area contributed by atoms with Crippen molar-refractivity contribution in [2.75, 3.05) is 0 Å². The number of carbonyl (C=O) groups is 1. The fourth-order valence-electron chi connectivity index (χ4n) is 2.62. The molecule has 0 bridgehead atoms. The van der Waals surface area contributed by atoms with Crippen LogP contribution >= 0.6 is 0 Å². The van der Waals surface area contributed by atoms with E-state index in [4.69, 9.17) is 0 Å². The quantitative estimate of drug-likeness (QED) is 0.612. The SMILES string of the molecule is CCn1c(=CC=O)c2cccc3cccc1c32. The minimum Gasteiger partial charge on any atom is -0.341 e. The summed E-state index contributed by atoms with van der Waals surface area (Å²) >= 11 is 0. The standard InChI is InChI=1S/C15H13NO/c1-2-16-13(9-10-17)12-7-3-5-11-6-4-8-14(16)15(11)12/h3-10H,2H2,1H3. The first-order valence-corrected chi connectivity index (χ1v) is 5.82. The summed E-state index contributed by atoms with van der Waals surface area (Å²) in [6.07, 6.45) is 2.51. The number of aromatic nitrogens is 1. The topological polar surface area (TPSA) is 22.0 Å². The van der Waals surface area contributed by atoms with Crippen molar-refractivity contribution in [2.24, 2.45) is 0 Å². The molecule has 1 heterocycles. The average Bonchev–Trinajstić information content (AvgIpc) is 2.67. The fraction of sp³-hybridized carbons (Fsp3) is 0.133. The molecule has 0 atom stereocenters. The lowest BCUT2D eigenvalue weighted by Crippen LogP contribution is -2.15. The van der Waals surface area contributed by atoms with Crippen molar-refractivity contribution in [3.63, 3.8) is 0 Å². The van der Waals surface area contributed by atoms with Crippen LogP contribution in [0.15, 0.2) is 36.4 Å². The minimum atomic E-state index is 0.864. The molecule has 2 aromatic carbocycles. The van der Waals surface area contributed by atoms with Crippen molar-refractivity contribution >= 4 is 34.0 Å². The summed E-state index contributed by atoms with van der Waals surface area (Å²) in [5.41, 5.74) is 1.20. The number of rotatable bonds is 2. The van der Waals surface area contributed by atoms with Crippen LogP contribution < -0.4 is 5.35 Å². The first kappa shape index (κ1) is 10.1. The molecule has 0 aliphatic carbocycles. The molecule has 0 saturated carbocycles. The van der Waals surface area contributed by atoms with E-state index in [9.17, 15) is 4.79 Å². The number of hydrogen-bond donors (Lipinski definition) is 0. The van der Waals surface area contributed by atoms with Crippen molar-refractivity contribution in [3.05, 3.63) is 41.7 Å². The van der Waals surface area contributed by atoms with Gasteiger partial charge in [0.1, 0.15) is 6.29 Å². The van der Waals surface area contributed by atoms with Gasteiger partial charge in [-0.15, -0.1) is 0 Å². The summed E-state index contributed by atoms with van der Waals surface area (Å²) < 4.78 is 2.19. The highest BCUT2D eigenvalue weighted by Crippen LogP contribution is 2.25. The van der Waals surface area contributed by atoms with Crippen LogP contribution in [0.2, 0.25) is 0 Å². The summed E-state index contributed by atoms with van der Waals surface area (Å²) in [5, 5.41) is 4.65. The van der Waals surface area contributed by atoms with E-state index in [1.807, 2.05) is 6.07 Å². The number of benzene rings is 2. The maximum Gasteiger partial charge on any atom is 0.144 e. The van der Waals surface area contributed by atoms with E-state index in [1.165, 1.54) is 16.3 Å². The third-order valence-corrected chi connectivity index (χ3v) is 3.28. The zero-order chi connectivity index (χ0) is 11.8. The zero-order valence-electron chi connectivity index (χ0n) is 9.68. The normalized spacial score (nSPS) is 12.6. The monoisotopic (exact) mass is 223 g/mol. The van der Waals surface area contributed by atoms with Gasteiger partial charge in [0.15, 0.2) is 0 Å². The molecular formula is C15H13NO. The molecular weight excluding hydrogens is 210 g/mol. The highest BCUT2D eigenvalue weighted by Gasteiger charge is 2.09. The molecule has 17 heavy (non-hydrogen) atoms. The lowest BCUT2D eigenvalue weighted by atomic mass is 10.1. The van der Waals surface area contributed by atoms with Gasteiger partial charge in [0, 0.05) is 28.9 Å². The van der Waals surface area contributed by atoms with Crippen LogP contribution in [0, 0.1) is 0 Å². The van der Waals surface area contributed by atoms with Gasteiger partial charge >= 0.3 is 0 Å². The Balaban J connectivity index is 2.68. The molecule has 3 aromatic rings. The molecule has 2 nitrogen and oxygen atoms in total. The van der Waals surface area contributed by atoms with Crippen molar-refractivity contribution in [2.45, 2.75) is 13.5 Å². The van der Waals surface area contributed by atoms with E-state index in [0.717, 1.165) is 23.6 Å². The van der Waals surface area contributed by atoms with Crippen LogP contribution in [-0.4, -0.2) is 10.9 Å². The Bertz CT molecular complexity index is 747. The molecule has 0 aliphatic rings. The second-order valence-electron chi connectivity index (χ2n) is 4.11. The smallest absolute Gasteiger partial charge is 0.144 e. The van der Waals surface area contributed by atoms with E-state index in [2.05, 4.69) is 41.8 Å². The third kappa shape index (κ3) is 1.30. The molecule has 0 spiro atoms. The van der Waals surface area contributed by atoms with Gasteiger partial charge in [0.25, 0.3) is 0 Å². The Hall–Kier alpha value is -2.09. The van der Waals surface area contributed by atoms with Crippen LogP contribution in [-0.2, 0) is 11.3 Å². The molecule has 0 amide bonds. The minimum absolute atomic E-state index is 0.864. The van der Waals surface area contributed by atoms with E-state index >= 15 is 0 Å². The molecule has 1 aromatic heterocycles.